The monoisotopic (exact) mass is 475 g/mol. The van der Waals surface area contributed by atoms with Crippen LogP contribution < -0.4 is 11.1 Å². The summed E-state index contributed by atoms with van der Waals surface area (Å²) in [5.74, 6) is -0.288. The number of likely N-dealkylation sites (tertiary alicyclic amines) is 1. The largest absolute Gasteiger partial charge is 0.398 e. The first-order valence-electron chi connectivity index (χ1n) is 12.0. The summed E-state index contributed by atoms with van der Waals surface area (Å²) in [5.41, 5.74) is 9.45. The second kappa shape index (κ2) is 10.7. The van der Waals surface area contributed by atoms with E-state index in [4.69, 9.17) is 5.73 Å². The lowest BCUT2D eigenvalue weighted by atomic mass is 9.99. The molecular weight excluding hydrogens is 442 g/mol. The lowest BCUT2D eigenvalue weighted by Crippen LogP contribution is -2.49. The van der Waals surface area contributed by atoms with E-state index in [0.29, 0.717) is 18.7 Å². The van der Waals surface area contributed by atoms with Crippen LogP contribution in [0.1, 0.15) is 44.3 Å². The van der Waals surface area contributed by atoms with Crippen LogP contribution in [0.25, 0.3) is 11.1 Å². The molecule has 1 fully saturated rings. The Morgan fingerprint density at radius 1 is 1.17 bits per heavy atom. The van der Waals surface area contributed by atoms with Gasteiger partial charge in [0.1, 0.15) is 12.1 Å². The SMILES string of the molecule is CC(C)[C@@H](C(=O)N1CCC[C@H]1C(=O)N[C@@H](CO)c1ccc(-c2ccccc2N)cc1)n1ccnc1. The molecule has 0 unspecified atom stereocenters. The Hall–Kier alpha value is -3.65. The maximum Gasteiger partial charge on any atom is 0.246 e. The van der Waals surface area contributed by atoms with Crippen molar-refractivity contribution in [3.8, 4) is 11.1 Å². The molecule has 0 saturated carbocycles. The van der Waals surface area contributed by atoms with E-state index in [0.717, 1.165) is 23.1 Å². The number of imidazole rings is 1. The van der Waals surface area contributed by atoms with Crippen molar-refractivity contribution in [3.05, 3.63) is 72.8 Å². The van der Waals surface area contributed by atoms with E-state index in [9.17, 15) is 14.7 Å². The van der Waals surface area contributed by atoms with Crippen molar-refractivity contribution in [3.63, 3.8) is 0 Å². The van der Waals surface area contributed by atoms with Gasteiger partial charge in [-0.15, -0.1) is 0 Å². The molecule has 8 heteroatoms. The van der Waals surface area contributed by atoms with E-state index < -0.39 is 18.1 Å². The molecule has 2 amide bonds. The molecule has 2 aromatic carbocycles. The molecule has 1 saturated heterocycles. The second-order valence-corrected chi connectivity index (χ2v) is 9.34. The number of aromatic nitrogens is 2. The van der Waals surface area contributed by atoms with Gasteiger partial charge in [0.2, 0.25) is 11.8 Å². The summed E-state index contributed by atoms with van der Waals surface area (Å²) in [7, 11) is 0. The number of rotatable bonds is 8. The molecule has 1 aliphatic heterocycles. The molecule has 0 aliphatic carbocycles. The number of carbonyl (C=O) groups is 2. The topological polar surface area (TPSA) is 113 Å². The Bertz CT molecular complexity index is 1140. The molecule has 3 aromatic rings. The number of hydrogen-bond donors (Lipinski definition) is 3. The van der Waals surface area contributed by atoms with Crippen molar-refractivity contribution < 1.29 is 14.7 Å². The van der Waals surface area contributed by atoms with Gasteiger partial charge in [-0.25, -0.2) is 4.98 Å². The molecule has 1 aliphatic rings. The van der Waals surface area contributed by atoms with E-state index in [1.54, 1.807) is 28.2 Å². The Labute approximate surface area is 205 Å². The van der Waals surface area contributed by atoms with Crippen LogP contribution in [0.3, 0.4) is 0 Å². The summed E-state index contributed by atoms with van der Waals surface area (Å²) in [6.07, 6.45) is 6.43. The lowest BCUT2D eigenvalue weighted by Gasteiger charge is -2.31. The maximum absolute atomic E-state index is 13.5. The van der Waals surface area contributed by atoms with Crippen molar-refractivity contribution in [2.75, 3.05) is 18.9 Å². The van der Waals surface area contributed by atoms with E-state index >= 15 is 0 Å². The number of benzene rings is 2. The number of amides is 2. The third-order valence-corrected chi connectivity index (χ3v) is 6.65. The van der Waals surface area contributed by atoms with Gasteiger partial charge in [0, 0.05) is 30.2 Å². The highest BCUT2D eigenvalue weighted by molar-refractivity contribution is 5.90. The predicted octanol–water partition coefficient (Wildman–Crippen LogP) is 3.17. The number of para-hydroxylation sites is 1. The minimum Gasteiger partial charge on any atom is -0.398 e. The summed E-state index contributed by atoms with van der Waals surface area (Å²) in [5, 5.41) is 13.0. The average Bonchev–Trinajstić information content (AvgIpc) is 3.55. The van der Waals surface area contributed by atoms with Crippen LogP contribution in [0.5, 0.6) is 0 Å². The Kier molecular flexibility index (Phi) is 7.51. The van der Waals surface area contributed by atoms with E-state index in [2.05, 4.69) is 10.3 Å². The highest BCUT2D eigenvalue weighted by atomic mass is 16.3. The standard InChI is InChI=1S/C27H33N5O3/c1-18(2)25(31-15-13-29-17-31)27(35)32-14-5-8-24(32)26(34)30-23(16-33)20-11-9-19(10-12-20)21-6-3-4-7-22(21)28/h3-4,6-7,9-13,15,17-18,23-25,33H,5,8,14,16,28H2,1-2H3,(H,30,34)/t23-,24-,25-/m0/s1. The van der Waals surface area contributed by atoms with Crippen molar-refractivity contribution in [1.29, 1.82) is 0 Å². The van der Waals surface area contributed by atoms with Gasteiger partial charge < -0.3 is 25.6 Å². The number of nitrogens with two attached hydrogens (primary N) is 1. The first kappa shape index (κ1) is 24.5. The van der Waals surface area contributed by atoms with Gasteiger partial charge in [0.15, 0.2) is 0 Å². The highest BCUT2D eigenvalue weighted by Gasteiger charge is 2.39. The van der Waals surface area contributed by atoms with Crippen LogP contribution in [0.4, 0.5) is 5.69 Å². The van der Waals surface area contributed by atoms with Crippen LogP contribution in [0, 0.1) is 5.92 Å². The van der Waals surface area contributed by atoms with Gasteiger partial charge in [-0.3, -0.25) is 9.59 Å². The summed E-state index contributed by atoms with van der Waals surface area (Å²) in [4.78, 5) is 32.5. The number of nitrogens with one attached hydrogen (secondary N) is 1. The quantitative estimate of drug-likeness (QED) is 0.433. The zero-order valence-corrected chi connectivity index (χ0v) is 20.2. The smallest absolute Gasteiger partial charge is 0.246 e. The van der Waals surface area contributed by atoms with Crippen molar-refractivity contribution in [2.24, 2.45) is 5.92 Å². The minimum absolute atomic E-state index is 0.0448. The number of hydrogen-bond acceptors (Lipinski definition) is 5. The molecule has 4 N–H and O–H groups in total. The number of nitrogens with zero attached hydrogens (tertiary/aromatic N) is 3. The van der Waals surface area contributed by atoms with Crippen LogP contribution >= 0.6 is 0 Å². The van der Waals surface area contributed by atoms with Gasteiger partial charge in [-0.05, 0) is 36.0 Å². The third kappa shape index (κ3) is 5.22. The van der Waals surface area contributed by atoms with E-state index in [-0.39, 0.29) is 24.3 Å². The van der Waals surface area contributed by atoms with E-state index in [1.807, 2.05) is 62.4 Å². The average molecular weight is 476 g/mol. The highest BCUT2D eigenvalue weighted by Crippen LogP contribution is 2.29. The molecule has 2 heterocycles. The van der Waals surface area contributed by atoms with Gasteiger partial charge in [-0.1, -0.05) is 56.3 Å². The van der Waals surface area contributed by atoms with Gasteiger partial charge in [0.25, 0.3) is 0 Å². The normalized spacial score (nSPS) is 17.4. The van der Waals surface area contributed by atoms with E-state index in [1.165, 1.54) is 0 Å². The van der Waals surface area contributed by atoms with Crippen LogP contribution in [-0.4, -0.2) is 50.6 Å². The summed E-state index contributed by atoms with van der Waals surface area (Å²) >= 11 is 0. The number of aliphatic hydroxyl groups excluding tert-OH is 1. The first-order chi connectivity index (χ1) is 16.9. The maximum atomic E-state index is 13.5. The van der Waals surface area contributed by atoms with Crippen LogP contribution in [0.15, 0.2) is 67.3 Å². The first-order valence-corrected chi connectivity index (χ1v) is 12.0. The molecule has 8 nitrogen and oxygen atoms in total. The second-order valence-electron chi connectivity index (χ2n) is 9.34. The fourth-order valence-corrected chi connectivity index (χ4v) is 4.82. The molecule has 0 bridgehead atoms. The molecule has 35 heavy (non-hydrogen) atoms. The summed E-state index contributed by atoms with van der Waals surface area (Å²) in [6, 6.07) is 13.7. The van der Waals surface area contributed by atoms with Crippen LogP contribution in [-0.2, 0) is 9.59 Å². The summed E-state index contributed by atoms with van der Waals surface area (Å²) < 4.78 is 1.80. The zero-order valence-electron chi connectivity index (χ0n) is 20.2. The van der Waals surface area contributed by atoms with Crippen molar-refractivity contribution >= 4 is 17.5 Å². The number of nitrogen functional groups attached to an aromatic ring is 1. The lowest BCUT2D eigenvalue weighted by molar-refractivity contribution is -0.142. The fraction of sp³-hybridized carbons (Fsp3) is 0.370. The Morgan fingerprint density at radius 3 is 2.54 bits per heavy atom. The molecular formula is C27H33N5O3. The molecule has 0 radical (unpaired) electrons. The molecule has 184 valence electrons. The van der Waals surface area contributed by atoms with Gasteiger partial charge in [-0.2, -0.15) is 0 Å². The number of aliphatic hydroxyl groups is 1. The minimum atomic E-state index is -0.572. The Balaban J connectivity index is 1.47. The Morgan fingerprint density at radius 2 is 1.91 bits per heavy atom. The van der Waals surface area contributed by atoms with Gasteiger partial charge in [0.05, 0.1) is 19.0 Å². The molecule has 3 atom stereocenters. The zero-order chi connectivity index (χ0) is 24.9. The van der Waals surface area contributed by atoms with Crippen molar-refractivity contribution in [2.45, 2.75) is 44.8 Å². The fourth-order valence-electron chi connectivity index (χ4n) is 4.82. The summed E-state index contributed by atoms with van der Waals surface area (Å²) in [6.45, 7) is 4.26. The van der Waals surface area contributed by atoms with Crippen LogP contribution in [0.2, 0.25) is 0 Å². The molecule has 4 rings (SSSR count). The molecule has 1 aromatic heterocycles. The third-order valence-electron chi connectivity index (χ3n) is 6.65. The number of anilines is 1. The number of carbonyl (C=O) groups excluding carboxylic acids is 2. The predicted molar refractivity (Wildman–Crippen MR) is 135 cm³/mol. The van der Waals surface area contributed by atoms with Crippen molar-refractivity contribution in [1.82, 2.24) is 19.8 Å². The molecule has 0 spiro atoms. The van der Waals surface area contributed by atoms with Gasteiger partial charge >= 0.3 is 0 Å².